The number of para-hydroxylation sites is 1. The smallest absolute Gasteiger partial charge is 0.224 e. The van der Waals surface area contributed by atoms with Crippen LogP contribution in [0.3, 0.4) is 0 Å². The summed E-state index contributed by atoms with van der Waals surface area (Å²) in [5.41, 5.74) is 0.474. The average Bonchev–Trinajstić information content (AvgIpc) is 2.68. The predicted molar refractivity (Wildman–Crippen MR) is 72.5 cm³/mol. The van der Waals surface area contributed by atoms with Gasteiger partial charge in [0.15, 0.2) is 15.5 Å². The van der Waals surface area contributed by atoms with E-state index in [2.05, 4.69) is 5.10 Å². The second kappa shape index (κ2) is 5.19. The Morgan fingerprint density at radius 2 is 2.22 bits per heavy atom. The minimum Gasteiger partial charge on any atom is -0.504 e. The number of ether oxygens (including phenoxy) is 1. The normalized spacial score (nSPS) is 10.9. The summed E-state index contributed by atoms with van der Waals surface area (Å²) in [7, 11) is 1.47. The highest BCUT2D eigenvalue weighted by Gasteiger charge is 2.05. The molecule has 2 rings (SSSR count). The Balaban J connectivity index is 2.38. The van der Waals surface area contributed by atoms with E-state index < -0.39 is 0 Å². The van der Waals surface area contributed by atoms with Crippen molar-refractivity contribution in [1.29, 1.82) is 0 Å². The van der Waals surface area contributed by atoms with Gasteiger partial charge in [-0.15, -0.1) is 11.3 Å². The molecule has 7 heteroatoms. The fraction of sp³-hybridized carbons (Fsp3) is 0.0909. The number of thiazole rings is 1. The number of aromatic nitrogens is 1. The van der Waals surface area contributed by atoms with Gasteiger partial charge in [-0.25, -0.2) is 0 Å². The molecule has 0 aliphatic rings. The topological polar surface area (TPSA) is 67.0 Å². The number of aromatic hydroxyl groups is 2. The van der Waals surface area contributed by atoms with E-state index in [-0.39, 0.29) is 11.6 Å². The van der Waals surface area contributed by atoms with Crippen LogP contribution in [0.4, 0.5) is 0 Å². The van der Waals surface area contributed by atoms with Crippen LogP contribution in [-0.4, -0.2) is 28.2 Å². The number of hydrogen-bond donors (Lipinski definition) is 2. The minimum absolute atomic E-state index is 0.00927. The Bertz CT molecular complexity index is 646. The number of methoxy groups -OCH3 is 1. The summed E-state index contributed by atoms with van der Waals surface area (Å²) in [6, 6.07) is 5.04. The first-order valence-electron chi connectivity index (χ1n) is 4.93. The van der Waals surface area contributed by atoms with Crippen LogP contribution in [0.2, 0.25) is 0 Å². The van der Waals surface area contributed by atoms with E-state index in [1.807, 2.05) is 0 Å². The average molecular weight is 282 g/mol. The molecule has 2 aromatic rings. The Labute approximate surface area is 112 Å². The first-order valence-corrected chi connectivity index (χ1v) is 6.22. The number of phenolic OH excluding ortho intramolecular Hbond substituents is 1. The van der Waals surface area contributed by atoms with Crippen molar-refractivity contribution in [2.45, 2.75) is 0 Å². The molecule has 5 nitrogen and oxygen atoms in total. The van der Waals surface area contributed by atoms with Gasteiger partial charge < -0.3 is 14.9 Å². The van der Waals surface area contributed by atoms with Gasteiger partial charge >= 0.3 is 0 Å². The van der Waals surface area contributed by atoms with Gasteiger partial charge in [0.05, 0.1) is 18.7 Å². The van der Waals surface area contributed by atoms with Gasteiger partial charge in [-0.2, -0.15) is 9.78 Å². The van der Waals surface area contributed by atoms with Crippen molar-refractivity contribution in [3.63, 3.8) is 0 Å². The SMILES string of the molecule is COc1cccc(/C=N/n2c(O)csc2=S)c1O. The summed E-state index contributed by atoms with van der Waals surface area (Å²) in [5.74, 6) is 0.311. The zero-order valence-electron chi connectivity index (χ0n) is 9.40. The second-order valence-corrected chi connectivity index (χ2v) is 4.82. The van der Waals surface area contributed by atoms with Crippen molar-refractivity contribution < 1.29 is 14.9 Å². The van der Waals surface area contributed by atoms with Crippen LogP contribution in [0.5, 0.6) is 17.4 Å². The van der Waals surface area contributed by atoms with Gasteiger partial charge in [0.1, 0.15) is 0 Å². The van der Waals surface area contributed by atoms with Crippen molar-refractivity contribution in [3.05, 3.63) is 33.1 Å². The Kier molecular flexibility index (Phi) is 3.63. The molecule has 1 heterocycles. The van der Waals surface area contributed by atoms with Crippen LogP contribution >= 0.6 is 23.6 Å². The lowest BCUT2D eigenvalue weighted by Crippen LogP contribution is -1.92. The van der Waals surface area contributed by atoms with E-state index in [4.69, 9.17) is 17.0 Å². The fourth-order valence-electron chi connectivity index (χ4n) is 1.33. The molecular formula is C11H10N2O3S2. The third kappa shape index (κ3) is 2.36. The molecule has 1 aromatic heterocycles. The van der Waals surface area contributed by atoms with Crippen molar-refractivity contribution in [1.82, 2.24) is 4.68 Å². The Hall–Kier alpha value is -1.86. The summed E-state index contributed by atoms with van der Waals surface area (Å²) in [6.07, 6.45) is 1.40. The molecule has 94 valence electrons. The van der Waals surface area contributed by atoms with Crippen LogP contribution in [0.15, 0.2) is 28.7 Å². The van der Waals surface area contributed by atoms with Crippen molar-refractivity contribution >= 4 is 29.8 Å². The van der Waals surface area contributed by atoms with Gasteiger partial charge in [-0.05, 0) is 24.4 Å². The van der Waals surface area contributed by atoms with Gasteiger partial charge in [0.25, 0.3) is 0 Å². The van der Waals surface area contributed by atoms with Crippen LogP contribution in [0, 0.1) is 3.95 Å². The van der Waals surface area contributed by atoms with Gasteiger partial charge in [0, 0.05) is 5.56 Å². The summed E-state index contributed by atoms with van der Waals surface area (Å²) >= 11 is 6.20. The first kappa shape index (κ1) is 12.6. The lowest BCUT2D eigenvalue weighted by atomic mass is 10.2. The number of benzene rings is 1. The van der Waals surface area contributed by atoms with Crippen LogP contribution < -0.4 is 4.74 Å². The van der Waals surface area contributed by atoms with Gasteiger partial charge in [0.2, 0.25) is 5.88 Å². The summed E-state index contributed by atoms with van der Waals surface area (Å²) in [4.78, 5) is 0. The van der Waals surface area contributed by atoms with Crippen LogP contribution in [0.25, 0.3) is 0 Å². The molecule has 2 N–H and O–H groups in total. The van der Waals surface area contributed by atoms with Crippen molar-refractivity contribution in [2.75, 3.05) is 7.11 Å². The molecule has 0 saturated heterocycles. The Morgan fingerprint density at radius 1 is 1.44 bits per heavy atom. The molecule has 18 heavy (non-hydrogen) atoms. The molecule has 0 aliphatic heterocycles. The molecule has 0 fully saturated rings. The predicted octanol–water partition coefficient (Wildman–Crippen LogP) is 2.58. The molecule has 0 spiro atoms. The minimum atomic E-state index is -0.0383. The van der Waals surface area contributed by atoms with E-state index in [1.54, 1.807) is 18.2 Å². The molecular weight excluding hydrogens is 272 g/mol. The monoisotopic (exact) mass is 282 g/mol. The van der Waals surface area contributed by atoms with Gasteiger partial charge in [-0.1, -0.05) is 6.07 Å². The number of phenols is 1. The highest BCUT2D eigenvalue weighted by Crippen LogP contribution is 2.28. The molecule has 0 saturated carbocycles. The van der Waals surface area contributed by atoms with E-state index >= 15 is 0 Å². The zero-order chi connectivity index (χ0) is 13.1. The van der Waals surface area contributed by atoms with Crippen molar-refractivity contribution in [2.24, 2.45) is 5.10 Å². The first-order chi connectivity index (χ1) is 8.63. The standard InChI is InChI=1S/C11H10N2O3S2/c1-16-8-4-2-3-7(10(8)15)5-12-13-9(14)6-18-11(13)17/h2-6,14-15H,1H3/b12-5+. The van der Waals surface area contributed by atoms with E-state index in [1.165, 1.54) is 34.7 Å². The number of nitrogens with zero attached hydrogens (tertiary/aromatic N) is 2. The Morgan fingerprint density at radius 3 is 2.83 bits per heavy atom. The maximum absolute atomic E-state index is 9.84. The largest absolute Gasteiger partial charge is 0.504 e. The molecule has 0 radical (unpaired) electrons. The zero-order valence-corrected chi connectivity index (χ0v) is 11.0. The molecule has 0 bridgehead atoms. The molecule has 0 atom stereocenters. The van der Waals surface area contributed by atoms with Crippen LogP contribution in [0.1, 0.15) is 5.56 Å². The number of hydrogen-bond acceptors (Lipinski definition) is 6. The quantitative estimate of drug-likeness (QED) is 0.670. The maximum atomic E-state index is 9.84. The van der Waals surface area contributed by atoms with E-state index in [0.29, 0.717) is 15.3 Å². The number of rotatable bonds is 3. The molecule has 0 amide bonds. The van der Waals surface area contributed by atoms with E-state index in [9.17, 15) is 10.2 Å². The summed E-state index contributed by atoms with van der Waals surface area (Å²) in [5, 5.41) is 24.8. The van der Waals surface area contributed by atoms with Gasteiger partial charge in [-0.3, -0.25) is 0 Å². The third-order valence-corrected chi connectivity index (χ3v) is 3.38. The lowest BCUT2D eigenvalue weighted by molar-refractivity contribution is 0.373. The lowest BCUT2D eigenvalue weighted by Gasteiger charge is -2.04. The highest BCUT2D eigenvalue weighted by molar-refractivity contribution is 7.73. The summed E-state index contributed by atoms with van der Waals surface area (Å²) < 4.78 is 6.61. The fourth-order valence-corrected chi connectivity index (χ4v) is 2.16. The second-order valence-electron chi connectivity index (χ2n) is 3.31. The van der Waals surface area contributed by atoms with E-state index in [0.717, 1.165) is 0 Å². The van der Waals surface area contributed by atoms with Crippen molar-refractivity contribution in [3.8, 4) is 17.4 Å². The maximum Gasteiger partial charge on any atom is 0.224 e. The molecule has 0 aliphatic carbocycles. The summed E-state index contributed by atoms with van der Waals surface area (Å²) in [6.45, 7) is 0. The molecule has 1 aromatic carbocycles. The third-order valence-electron chi connectivity index (χ3n) is 2.22. The highest BCUT2D eigenvalue weighted by atomic mass is 32.1. The van der Waals surface area contributed by atoms with Crippen LogP contribution in [-0.2, 0) is 0 Å². The molecule has 0 unspecified atom stereocenters.